The molecule has 22 heavy (non-hydrogen) atoms. The normalized spacial score (nSPS) is 10.3. The Bertz CT molecular complexity index is 655. The van der Waals surface area contributed by atoms with Crippen LogP contribution in [0, 0.1) is 5.82 Å². The fourth-order valence-corrected chi connectivity index (χ4v) is 2.06. The molecule has 0 fully saturated rings. The largest absolute Gasteiger partial charge is 0.444 e. The molecule has 0 atom stereocenters. The molecule has 1 aromatic heterocycles. The summed E-state index contributed by atoms with van der Waals surface area (Å²) in [4.78, 5) is 23.3. The summed E-state index contributed by atoms with van der Waals surface area (Å²) in [5, 5.41) is 5.29. The number of benzene rings is 1. The number of rotatable bonds is 6. The maximum absolute atomic E-state index is 12.7. The number of nitrogens with one attached hydrogen (secondary N) is 2. The topological polar surface area (TPSA) is 71.3 Å². The molecule has 5 nitrogen and oxygen atoms in total. The van der Waals surface area contributed by atoms with Crippen LogP contribution in [-0.2, 0) is 11.2 Å². The van der Waals surface area contributed by atoms with Gasteiger partial charge in [0.05, 0.1) is 6.42 Å². The number of carbonyl (C=O) groups excluding carboxylic acids is 2. The number of amides is 2. The van der Waals surface area contributed by atoms with Gasteiger partial charge in [-0.3, -0.25) is 9.59 Å². The standard InChI is InChI=1S/C15H14BrFN2O3/c16-13-6-5-12(22-13)15(21)19-8-7-18-14(20)9-10-1-3-11(17)4-2-10/h1-6H,7-9H2,(H,18,20)(H,19,21). The van der Waals surface area contributed by atoms with E-state index in [0.29, 0.717) is 11.2 Å². The van der Waals surface area contributed by atoms with Crippen molar-refractivity contribution >= 4 is 27.7 Å². The van der Waals surface area contributed by atoms with E-state index in [4.69, 9.17) is 4.42 Å². The van der Waals surface area contributed by atoms with Crippen LogP contribution in [0.25, 0.3) is 0 Å². The van der Waals surface area contributed by atoms with E-state index in [1.807, 2.05) is 0 Å². The molecule has 0 radical (unpaired) electrons. The van der Waals surface area contributed by atoms with Crippen LogP contribution in [0.15, 0.2) is 45.5 Å². The first kappa shape index (κ1) is 16.2. The van der Waals surface area contributed by atoms with Crippen molar-refractivity contribution < 1.29 is 18.4 Å². The van der Waals surface area contributed by atoms with E-state index in [1.165, 1.54) is 12.1 Å². The van der Waals surface area contributed by atoms with Crippen LogP contribution in [0.2, 0.25) is 0 Å². The quantitative estimate of drug-likeness (QED) is 0.768. The minimum Gasteiger partial charge on any atom is -0.444 e. The summed E-state index contributed by atoms with van der Waals surface area (Å²) in [5.41, 5.74) is 0.725. The van der Waals surface area contributed by atoms with E-state index in [1.54, 1.807) is 24.3 Å². The lowest BCUT2D eigenvalue weighted by Crippen LogP contribution is -2.35. The first-order valence-corrected chi connectivity index (χ1v) is 7.38. The Labute approximate surface area is 135 Å². The molecule has 1 aromatic carbocycles. The molecule has 0 unspecified atom stereocenters. The molecule has 0 aliphatic heterocycles. The van der Waals surface area contributed by atoms with Gasteiger partial charge >= 0.3 is 0 Å². The number of furan rings is 1. The predicted molar refractivity (Wildman–Crippen MR) is 81.9 cm³/mol. The SMILES string of the molecule is O=C(Cc1ccc(F)cc1)NCCNC(=O)c1ccc(Br)o1. The van der Waals surface area contributed by atoms with Crippen LogP contribution < -0.4 is 10.6 Å². The Kier molecular flexibility index (Phi) is 5.71. The zero-order valence-corrected chi connectivity index (χ0v) is 13.2. The summed E-state index contributed by atoms with van der Waals surface area (Å²) in [6, 6.07) is 8.91. The molecule has 7 heteroatoms. The van der Waals surface area contributed by atoms with Crippen LogP contribution in [-0.4, -0.2) is 24.9 Å². The zero-order chi connectivity index (χ0) is 15.9. The van der Waals surface area contributed by atoms with Gasteiger partial charge in [-0.2, -0.15) is 0 Å². The highest BCUT2D eigenvalue weighted by Crippen LogP contribution is 2.13. The summed E-state index contributed by atoms with van der Waals surface area (Å²) >= 11 is 3.11. The Morgan fingerprint density at radius 3 is 2.36 bits per heavy atom. The molecule has 116 valence electrons. The third kappa shape index (κ3) is 5.00. The van der Waals surface area contributed by atoms with E-state index in [0.717, 1.165) is 5.56 Å². The summed E-state index contributed by atoms with van der Waals surface area (Å²) in [5.74, 6) is -0.680. The van der Waals surface area contributed by atoms with Gasteiger partial charge in [-0.15, -0.1) is 0 Å². The molecule has 1 heterocycles. The fraction of sp³-hybridized carbons (Fsp3) is 0.200. The number of hydrogen-bond acceptors (Lipinski definition) is 3. The number of hydrogen-bond donors (Lipinski definition) is 2. The summed E-state index contributed by atoms with van der Waals surface area (Å²) < 4.78 is 18.3. The fourth-order valence-electron chi connectivity index (χ4n) is 1.75. The Morgan fingerprint density at radius 1 is 1.05 bits per heavy atom. The second-order valence-electron chi connectivity index (χ2n) is 4.51. The first-order chi connectivity index (χ1) is 10.5. The minimum atomic E-state index is -0.349. The van der Waals surface area contributed by atoms with Crippen molar-refractivity contribution in [1.29, 1.82) is 0 Å². The van der Waals surface area contributed by atoms with E-state index in [9.17, 15) is 14.0 Å². The molecule has 0 aliphatic rings. The summed E-state index contributed by atoms with van der Waals surface area (Å²) in [6.45, 7) is 0.583. The van der Waals surface area contributed by atoms with Crippen LogP contribution in [0.5, 0.6) is 0 Å². The highest BCUT2D eigenvalue weighted by atomic mass is 79.9. The van der Waals surface area contributed by atoms with Crippen molar-refractivity contribution in [2.75, 3.05) is 13.1 Å². The Hall–Kier alpha value is -2.15. The van der Waals surface area contributed by atoms with Gasteiger partial charge in [0.2, 0.25) is 5.91 Å². The molecule has 0 saturated carbocycles. The van der Waals surface area contributed by atoms with Gasteiger partial charge in [0, 0.05) is 13.1 Å². The summed E-state index contributed by atoms with van der Waals surface area (Å²) in [7, 11) is 0. The maximum atomic E-state index is 12.7. The molecule has 0 aliphatic carbocycles. The lowest BCUT2D eigenvalue weighted by atomic mass is 10.1. The average Bonchev–Trinajstić information content (AvgIpc) is 2.92. The van der Waals surface area contributed by atoms with Crippen LogP contribution in [0.3, 0.4) is 0 Å². The van der Waals surface area contributed by atoms with E-state index in [2.05, 4.69) is 26.6 Å². The third-order valence-corrected chi connectivity index (χ3v) is 3.23. The average molecular weight is 369 g/mol. The van der Waals surface area contributed by atoms with E-state index < -0.39 is 0 Å². The molecule has 2 aromatic rings. The smallest absolute Gasteiger partial charge is 0.287 e. The van der Waals surface area contributed by atoms with Crippen molar-refractivity contribution in [1.82, 2.24) is 10.6 Å². The number of halogens is 2. The number of carbonyl (C=O) groups is 2. The molecule has 2 N–H and O–H groups in total. The highest BCUT2D eigenvalue weighted by molar-refractivity contribution is 9.10. The molecule has 0 saturated heterocycles. The molecule has 0 bridgehead atoms. The molecule has 0 spiro atoms. The van der Waals surface area contributed by atoms with Crippen molar-refractivity contribution in [3.05, 3.63) is 58.2 Å². The van der Waals surface area contributed by atoms with Crippen LogP contribution >= 0.6 is 15.9 Å². The van der Waals surface area contributed by atoms with Gasteiger partial charge in [-0.05, 0) is 45.8 Å². The first-order valence-electron chi connectivity index (χ1n) is 6.59. The minimum absolute atomic E-state index is 0.166. The van der Waals surface area contributed by atoms with Gasteiger partial charge < -0.3 is 15.1 Å². The van der Waals surface area contributed by atoms with Crippen LogP contribution in [0.4, 0.5) is 4.39 Å². The Morgan fingerprint density at radius 2 is 1.73 bits per heavy atom. The second kappa shape index (κ2) is 7.74. The van der Waals surface area contributed by atoms with Gasteiger partial charge in [0.1, 0.15) is 5.82 Å². The summed E-state index contributed by atoms with van der Waals surface area (Å²) in [6.07, 6.45) is 0.166. The van der Waals surface area contributed by atoms with Gasteiger partial charge in [0.25, 0.3) is 5.91 Å². The van der Waals surface area contributed by atoms with Crippen molar-refractivity contribution in [2.24, 2.45) is 0 Å². The van der Waals surface area contributed by atoms with E-state index in [-0.39, 0.29) is 36.4 Å². The van der Waals surface area contributed by atoms with Crippen molar-refractivity contribution in [2.45, 2.75) is 6.42 Å². The van der Waals surface area contributed by atoms with Gasteiger partial charge in [-0.25, -0.2) is 4.39 Å². The van der Waals surface area contributed by atoms with Crippen molar-refractivity contribution in [3.8, 4) is 0 Å². The monoisotopic (exact) mass is 368 g/mol. The molecule has 2 rings (SSSR count). The lowest BCUT2D eigenvalue weighted by molar-refractivity contribution is -0.120. The van der Waals surface area contributed by atoms with Gasteiger partial charge in [-0.1, -0.05) is 12.1 Å². The highest BCUT2D eigenvalue weighted by Gasteiger charge is 2.09. The lowest BCUT2D eigenvalue weighted by Gasteiger charge is -2.06. The third-order valence-electron chi connectivity index (χ3n) is 2.81. The molecular formula is C15H14BrFN2O3. The second-order valence-corrected chi connectivity index (χ2v) is 5.29. The van der Waals surface area contributed by atoms with Gasteiger partial charge in [0.15, 0.2) is 10.4 Å². The van der Waals surface area contributed by atoms with E-state index >= 15 is 0 Å². The van der Waals surface area contributed by atoms with Crippen molar-refractivity contribution in [3.63, 3.8) is 0 Å². The zero-order valence-electron chi connectivity index (χ0n) is 11.6. The predicted octanol–water partition coefficient (Wildman–Crippen LogP) is 2.27. The molecule has 2 amide bonds. The maximum Gasteiger partial charge on any atom is 0.287 e. The molecular weight excluding hydrogens is 355 g/mol. The van der Waals surface area contributed by atoms with Crippen LogP contribution in [0.1, 0.15) is 16.1 Å². The Balaban J connectivity index is 1.67.